The predicted molar refractivity (Wildman–Crippen MR) is 92.4 cm³/mol. The number of aromatic nitrogens is 2. The molecule has 1 aliphatic heterocycles. The quantitative estimate of drug-likeness (QED) is 0.737. The van der Waals surface area contributed by atoms with Crippen LogP contribution in [0, 0.1) is 5.82 Å². The molecule has 0 fully saturated rings. The van der Waals surface area contributed by atoms with Crippen LogP contribution < -0.4 is 0 Å². The van der Waals surface area contributed by atoms with Crippen LogP contribution in [0.25, 0.3) is 0 Å². The Morgan fingerprint density at radius 1 is 1.12 bits per heavy atom. The van der Waals surface area contributed by atoms with Gasteiger partial charge in [0.1, 0.15) is 5.82 Å². The zero-order valence-electron chi connectivity index (χ0n) is 13.7. The molecule has 0 radical (unpaired) electrons. The fourth-order valence-corrected chi connectivity index (χ4v) is 3.38. The van der Waals surface area contributed by atoms with Crippen molar-refractivity contribution in [3.8, 4) is 0 Å². The average Bonchev–Trinajstić information content (AvgIpc) is 3.14. The molecule has 0 saturated carbocycles. The van der Waals surface area contributed by atoms with E-state index < -0.39 is 0 Å². The van der Waals surface area contributed by atoms with Gasteiger partial charge >= 0.3 is 0 Å². The molecule has 0 saturated heterocycles. The summed E-state index contributed by atoms with van der Waals surface area (Å²) in [7, 11) is 0. The highest BCUT2D eigenvalue weighted by atomic mass is 19.1. The van der Waals surface area contributed by atoms with E-state index in [1.54, 1.807) is 24.7 Å². The van der Waals surface area contributed by atoms with Gasteiger partial charge in [0.05, 0.1) is 12.4 Å². The third-order valence-corrected chi connectivity index (χ3v) is 4.69. The van der Waals surface area contributed by atoms with Crippen LogP contribution in [0.2, 0.25) is 0 Å². The molecule has 0 unspecified atom stereocenters. The van der Waals surface area contributed by atoms with E-state index >= 15 is 0 Å². The van der Waals surface area contributed by atoms with E-state index in [-0.39, 0.29) is 17.8 Å². The van der Waals surface area contributed by atoms with Crippen LogP contribution in [-0.4, -0.2) is 26.4 Å². The molecule has 2 heterocycles. The first-order valence-electron chi connectivity index (χ1n) is 8.30. The molecule has 0 N–H and O–H groups in total. The lowest BCUT2D eigenvalue weighted by atomic mass is 9.93. The molecule has 0 bridgehead atoms. The first-order chi connectivity index (χ1) is 12.2. The molecule has 25 heavy (non-hydrogen) atoms. The SMILES string of the molecule is O=C(c1ccc(F)cc1)N1Cc2ccccc2C[C@H]1Cn1ccnc1. The number of nitrogens with zero attached hydrogens (tertiary/aromatic N) is 3. The smallest absolute Gasteiger partial charge is 0.254 e. The number of hydrogen-bond donors (Lipinski definition) is 0. The van der Waals surface area contributed by atoms with E-state index in [1.807, 2.05) is 27.8 Å². The molecule has 2 aromatic carbocycles. The number of amides is 1. The Bertz CT molecular complexity index is 874. The van der Waals surface area contributed by atoms with E-state index in [0.29, 0.717) is 18.7 Å². The molecule has 0 aliphatic carbocycles. The van der Waals surface area contributed by atoms with Gasteiger partial charge in [-0.15, -0.1) is 0 Å². The van der Waals surface area contributed by atoms with Crippen molar-refractivity contribution < 1.29 is 9.18 Å². The topological polar surface area (TPSA) is 38.1 Å². The largest absolute Gasteiger partial charge is 0.335 e. The van der Waals surface area contributed by atoms with Crippen molar-refractivity contribution in [1.82, 2.24) is 14.5 Å². The Kier molecular flexibility index (Phi) is 4.06. The van der Waals surface area contributed by atoms with Crippen molar-refractivity contribution in [3.63, 3.8) is 0 Å². The Balaban J connectivity index is 1.66. The molecule has 126 valence electrons. The molecule has 1 amide bonds. The van der Waals surface area contributed by atoms with Gasteiger partial charge in [-0.2, -0.15) is 0 Å². The van der Waals surface area contributed by atoms with Crippen LogP contribution >= 0.6 is 0 Å². The van der Waals surface area contributed by atoms with Gasteiger partial charge in [0.15, 0.2) is 0 Å². The molecule has 4 nitrogen and oxygen atoms in total. The number of hydrogen-bond acceptors (Lipinski definition) is 2. The molecule has 4 rings (SSSR count). The van der Waals surface area contributed by atoms with Gasteiger partial charge in [0.25, 0.3) is 5.91 Å². The van der Waals surface area contributed by atoms with Crippen molar-refractivity contribution in [2.45, 2.75) is 25.6 Å². The fourth-order valence-electron chi connectivity index (χ4n) is 3.38. The van der Waals surface area contributed by atoms with Crippen molar-refractivity contribution in [1.29, 1.82) is 0 Å². The number of carbonyl (C=O) groups is 1. The first-order valence-corrected chi connectivity index (χ1v) is 8.30. The summed E-state index contributed by atoms with van der Waals surface area (Å²) in [6.45, 7) is 1.24. The van der Waals surface area contributed by atoms with E-state index in [2.05, 4.69) is 17.1 Å². The maximum Gasteiger partial charge on any atom is 0.254 e. The highest BCUT2D eigenvalue weighted by Crippen LogP contribution is 2.26. The monoisotopic (exact) mass is 335 g/mol. The summed E-state index contributed by atoms with van der Waals surface area (Å²) in [5, 5.41) is 0. The Labute approximate surface area is 145 Å². The lowest BCUT2D eigenvalue weighted by Gasteiger charge is -2.37. The Morgan fingerprint density at radius 2 is 1.88 bits per heavy atom. The van der Waals surface area contributed by atoms with Crippen molar-refractivity contribution in [3.05, 3.63) is 89.8 Å². The third kappa shape index (κ3) is 3.18. The summed E-state index contributed by atoms with van der Waals surface area (Å²) in [6, 6.07) is 14.0. The van der Waals surface area contributed by atoms with Crippen molar-refractivity contribution in [2.75, 3.05) is 0 Å². The van der Waals surface area contributed by atoms with Crippen LogP contribution in [-0.2, 0) is 19.5 Å². The van der Waals surface area contributed by atoms with E-state index in [9.17, 15) is 9.18 Å². The van der Waals surface area contributed by atoms with Gasteiger partial charge in [0.2, 0.25) is 0 Å². The van der Waals surface area contributed by atoms with Crippen LogP contribution in [0.3, 0.4) is 0 Å². The number of imidazole rings is 1. The van der Waals surface area contributed by atoms with Crippen molar-refractivity contribution >= 4 is 5.91 Å². The zero-order valence-corrected chi connectivity index (χ0v) is 13.7. The summed E-state index contributed by atoms with van der Waals surface area (Å²) >= 11 is 0. The zero-order chi connectivity index (χ0) is 17.2. The predicted octanol–water partition coefficient (Wildman–Crippen LogP) is 3.29. The van der Waals surface area contributed by atoms with E-state index in [1.165, 1.54) is 23.3 Å². The van der Waals surface area contributed by atoms with Crippen LogP contribution in [0.5, 0.6) is 0 Å². The highest BCUT2D eigenvalue weighted by Gasteiger charge is 2.30. The van der Waals surface area contributed by atoms with E-state index in [4.69, 9.17) is 0 Å². The maximum atomic E-state index is 13.2. The molecule has 1 aromatic heterocycles. The molecular formula is C20H18FN3O. The van der Waals surface area contributed by atoms with Gasteiger partial charge in [0, 0.05) is 31.0 Å². The maximum absolute atomic E-state index is 13.2. The lowest BCUT2D eigenvalue weighted by molar-refractivity contribution is 0.0618. The van der Waals surface area contributed by atoms with Gasteiger partial charge in [-0.3, -0.25) is 4.79 Å². The summed E-state index contributed by atoms with van der Waals surface area (Å²) in [6.07, 6.45) is 6.20. The third-order valence-electron chi connectivity index (χ3n) is 4.69. The number of carbonyl (C=O) groups excluding carboxylic acids is 1. The second-order valence-electron chi connectivity index (χ2n) is 6.33. The molecule has 3 aromatic rings. The normalized spacial score (nSPS) is 16.5. The first kappa shape index (κ1) is 15.6. The van der Waals surface area contributed by atoms with Gasteiger partial charge < -0.3 is 9.47 Å². The van der Waals surface area contributed by atoms with Crippen LogP contribution in [0.1, 0.15) is 21.5 Å². The number of rotatable bonds is 3. The number of fused-ring (bicyclic) bond motifs is 1. The minimum absolute atomic E-state index is 0.0293. The Hall–Kier alpha value is -2.95. The molecular weight excluding hydrogens is 317 g/mol. The lowest BCUT2D eigenvalue weighted by Crippen LogP contribution is -2.46. The highest BCUT2D eigenvalue weighted by molar-refractivity contribution is 5.94. The Morgan fingerprint density at radius 3 is 2.60 bits per heavy atom. The van der Waals surface area contributed by atoms with Gasteiger partial charge in [-0.1, -0.05) is 24.3 Å². The molecule has 1 atom stereocenters. The van der Waals surface area contributed by atoms with Crippen LogP contribution in [0.15, 0.2) is 67.3 Å². The minimum Gasteiger partial charge on any atom is -0.335 e. The summed E-state index contributed by atoms with van der Waals surface area (Å²) < 4.78 is 15.2. The summed E-state index contributed by atoms with van der Waals surface area (Å²) in [5.41, 5.74) is 2.95. The minimum atomic E-state index is -0.337. The second kappa shape index (κ2) is 6.51. The van der Waals surface area contributed by atoms with E-state index in [0.717, 1.165) is 6.42 Å². The molecule has 1 aliphatic rings. The standard InChI is InChI=1S/C20H18FN3O/c21-18-7-5-15(6-8-18)20(25)24-12-17-4-2-1-3-16(17)11-19(24)13-23-10-9-22-14-23/h1-10,14,19H,11-13H2/t19-/m0/s1. The molecule has 5 heteroatoms. The average molecular weight is 335 g/mol. The second-order valence-corrected chi connectivity index (χ2v) is 6.33. The molecule has 0 spiro atoms. The van der Waals surface area contributed by atoms with Crippen LogP contribution in [0.4, 0.5) is 4.39 Å². The van der Waals surface area contributed by atoms with Gasteiger partial charge in [-0.25, -0.2) is 9.37 Å². The summed E-state index contributed by atoms with van der Waals surface area (Å²) in [4.78, 5) is 19.0. The number of benzene rings is 2. The fraction of sp³-hybridized carbons (Fsp3) is 0.200. The number of halogens is 1. The van der Waals surface area contributed by atoms with Crippen molar-refractivity contribution in [2.24, 2.45) is 0 Å². The summed E-state index contributed by atoms with van der Waals surface area (Å²) in [5.74, 6) is -0.407. The van der Waals surface area contributed by atoms with Gasteiger partial charge in [-0.05, 0) is 41.8 Å².